The summed E-state index contributed by atoms with van der Waals surface area (Å²) in [5, 5.41) is 8.96. The first-order valence-corrected chi connectivity index (χ1v) is 8.31. The molecule has 2 rings (SSSR count). The number of Topliss-reactive ketones (excluding diaryl/α,β-unsaturated/α-hetero) is 1. The largest absolute Gasteiger partial charge is 0.349 e. The smallest absolute Gasteiger partial charge is 0.191 e. The molecule has 2 aromatic heterocycles. The summed E-state index contributed by atoms with van der Waals surface area (Å²) >= 11 is 1.42. The van der Waals surface area contributed by atoms with Crippen LogP contribution in [0, 0.1) is 20.8 Å². The van der Waals surface area contributed by atoms with Crippen LogP contribution in [0.2, 0.25) is 0 Å². The van der Waals surface area contributed by atoms with Crippen LogP contribution in [-0.2, 0) is 13.1 Å². The number of rotatable bonds is 7. The van der Waals surface area contributed by atoms with Crippen LogP contribution in [0.15, 0.2) is 23.9 Å². The lowest BCUT2D eigenvalue weighted by Crippen LogP contribution is -2.07. The highest BCUT2D eigenvalue weighted by Gasteiger charge is 2.17. The van der Waals surface area contributed by atoms with Crippen molar-refractivity contribution < 1.29 is 4.79 Å². The second kappa shape index (κ2) is 6.96. The van der Waals surface area contributed by atoms with Crippen molar-refractivity contribution in [3.05, 3.63) is 41.5 Å². The van der Waals surface area contributed by atoms with Gasteiger partial charge in [-0.3, -0.25) is 4.79 Å². The summed E-state index contributed by atoms with van der Waals surface area (Å²) in [4.78, 5) is 12.5. The number of carbonyl (C=O) groups excluding carboxylic acids is 1. The van der Waals surface area contributed by atoms with Gasteiger partial charge in [0.2, 0.25) is 0 Å². The zero-order valence-corrected chi connectivity index (χ0v) is 14.4. The number of hydrogen-bond acceptors (Lipinski definition) is 4. The molecule has 2 aromatic rings. The van der Waals surface area contributed by atoms with Gasteiger partial charge in [-0.1, -0.05) is 17.8 Å². The molecule has 0 radical (unpaired) electrons. The van der Waals surface area contributed by atoms with Crippen molar-refractivity contribution in [3.8, 4) is 0 Å². The predicted molar refractivity (Wildman–Crippen MR) is 89.6 cm³/mol. The van der Waals surface area contributed by atoms with Gasteiger partial charge in [-0.05, 0) is 33.8 Å². The Hall–Kier alpha value is -1.82. The Balaban J connectivity index is 2.12. The molecule has 0 aliphatic heterocycles. The zero-order chi connectivity index (χ0) is 16.3. The van der Waals surface area contributed by atoms with Gasteiger partial charge in [0.05, 0.1) is 5.75 Å². The van der Waals surface area contributed by atoms with E-state index in [-0.39, 0.29) is 5.78 Å². The molecule has 5 nitrogen and oxygen atoms in total. The number of aromatic nitrogens is 4. The number of ketones is 1. The number of nitrogens with zero attached hydrogens (tertiary/aromatic N) is 4. The fraction of sp³-hybridized carbons (Fsp3) is 0.438. The quantitative estimate of drug-likeness (QED) is 0.447. The normalized spacial score (nSPS) is 10.9. The van der Waals surface area contributed by atoms with Gasteiger partial charge in [-0.2, -0.15) is 0 Å². The number of allylic oxidation sites excluding steroid dienone is 1. The van der Waals surface area contributed by atoms with Crippen molar-refractivity contribution in [1.82, 2.24) is 19.3 Å². The van der Waals surface area contributed by atoms with Gasteiger partial charge in [0.15, 0.2) is 10.9 Å². The van der Waals surface area contributed by atoms with Gasteiger partial charge in [0.25, 0.3) is 0 Å². The van der Waals surface area contributed by atoms with Crippen LogP contribution in [-0.4, -0.2) is 30.9 Å². The van der Waals surface area contributed by atoms with Crippen molar-refractivity contribution in [2.24, 2.45) is 0 Å². The van der Waals surface area contributed by atoms with Crippen LogP contribution in [0.1, 0.15) is 34.5 Å². The fourth-order valence-electron chi connectivity index (χ4n) is 2.59. The van der Waals surface area contributed by atoms with Crippen LogP contribution in [0.4, 0.5) is 0 Å². The second-order valence-electron chi connectivity index (χ2n) is 5.17. The van der Waals surface area contributed by atoms with E-state index in [0.717, 1.165) is 34.5 Å². The maximum absolute atomic E-state index is 12.5. The van der Waals surface area contributed by atoms with Crippen LogP contribution >= 0.6 is 11.8 Å². The first kappa shape index (κ1) is 16.5. The van der Waals surface area contributed by atoms with Crippen molar-refractivity contribution >= 4 is 17.5 Å². The van der Waals surface area contributed by atoms with Crippen molar-refractivity contribution in [2.75, 3.05) is 5.75 Å². The molecule has 118 valence electrons. The Morgan fingerprint density at radius 2 is 2.05 bits per heavy atom. The molecule has 0 saturated carbocycles. The molecule has 0 aliphatic rings. The molecular formula is C16H22N4OS. The first-order chi connectivity index (χ1) is 10.5. The molecule has 0 saturated heterocycles. The summed E-state index contributed by atoms with van der Waals surface area (Å²) in [5.41, 5.74) is 2.96. The van der Waals surface area contributed by atoms with E-state index in [2.05, 4.69) is 28.3 Å². The number of thioether (sulfide) groups is 1. The maximum Gasteiger partial charge on any atom is 0.191 e. The van der Waals surface area contributed by atoms with E-state index < -0.39 is 0 Å². The summed E-state index contributed by atoms with van der Waals surface area (Å²) in [5.74, 6) is 1.33. The Bertz CT molecular complexity index is 699. The van der Waals surface area contributed by atoms with Crippen LogP contribution in [0.3, 0.4) is 0 Å². The van der Waals surface area contributed by atoms with Gasteiger partial charge in [-0.15, -0.1) is 16.8 Å². The van der Waals surface area contributed by atoms with Crippen LogP contribution in [0.25, 0.3) is 0 Å². The number of hydrogen-bond donors (Lipinski definition) is 0. The minimum Gasteiger partial charge on any atom is -0.349 e. The van der Waals surface area contributed by atoms with E-state index in [0.29, 0.717) is 12.3 Å². The second-order valence-corrected chi connectivity index (χ2v) is 6.11. The van der Waals surface area contributed by atoms with Gasteiger partial charge in [-0.25, -0.2) is 0 Å². The van der Waals surface area contributed by atoms with Crippen molar-refractivity contribution in [2.45, 2.75) is 45.9 Å². The zero-order valence-electron chi connectivity index (χ0n) is 13.6. The molecule has 22 heavy (non-hydrogen) atoms. The summed E-state index contributed by atoms with van der Waals surface area (Å²) in [6.45, 7) is 13.3. The number of carbonyl (C=O) groups is 1. The van der Waals surface area contributed by atoms with Crippen LogP contribution in [0.5, 0.6) is 0 Å². The van der Waals surface area contributed by atoms with Gasteiger partial charge in [0.1, 0.15) is 5.82 Å². The van der Waals surface area contributed by atoms with E-state index in [1.807, 2.05) is 31.4 Å². The number of aryl methyl sites for hydroxylation is 2. The highest BCUT2D eigenvalue weighted by molar-refractivity contribution is 7.99. The molecule has 2 heterocycles. The third-order valence-corrected chi connectivity index (χ3v) is 4.70. The third-order valence-electron chi connectivity index (χ3n) is 3.74. The summed E-state index contributed by atoms with van der Waals surface area (Å²) < 4.78 is 4.11. The molecule has 6 heteroatoms. The van der Waals surface area contributed by atoms with Crippen molar-refractivity contribution in [3.63, 3.8) is 0 Å². The van der Waals surface area contributed by atoms with E-state index in [1.54, 1.807) is 6.08 Å². The van der Waals surface area contributed by atoms with Gasteiger partial charge in [0, 0.05) is 30.0 Å². The average Bonchev–Trinajstić information content (AvgIpc) is 2.98. The molecular weight excluding hydrogens is 296 g/mol. The van der Waals surface area contributed by atoms with Gasteiger partial charge < -0.3 is 9.13 Å². The van der Waals surface area contributed by atoms with E-state index in [4.69, 9.17) is 0 Å². The Labute approximate surface area is 135 Å². The fourth-order valence-corrected chi connectivity index (χ4v) is 3.46. The minimum atomic E-state index is 0.128. The molecule has 0 N–H and O–H groups in total. The highest BCUT2D eigenvalue weighted by atomic mass is 32.2. The van der Waals surface area contributed by atoms with E-state index in [1.165, 1.54) is 11.8 Å². The summed E-state index contributed by atoms with van der Waals surface area (Å²) in [6.07, 6.45) is 1.80. The molecule has 0 aliphatic carbocycles. The molecule has 0 spiro atoms. The lowest BCUT2D eigenvalue weighted by atomic mass is 10.2. The van der Waals surface area contributed by atoms with E-state index in [9.17, 15) is 4.79 Å². The molecule has 0 fully saturated rings. The Morgan fingerprint density at radius 3 is 2.64 bits per heavy atom. The SMILES string of the molecule is C=CCn1c(C)nnc1SCC(=O)c1cc(C)n(CC)c1C. The molecule has 0 bridgehead atoms. The summed E-state index contributed by atoms with van der Waals surface area (Å²) in [7, 11) is 0. The molecule has 0 unspecified atom stereocenters. The topological polar surface area (TPSA) is 52.7 Å². The Kier molecular flexibility index (Phi) is 5.24. The predicted octanol–water partition coefficient (Wildman–Crippen LogP) is 3.19. The molecule has 0 aromatic carbocycles. The highest BCUT2D eigenvalue weighted by Crippen LogP contribution is 2.21. The van der Waals surface area contributed by atoms with Crippen LogP contribution < -0.4 is 0 Å². The lowest BCUT2D eigenvalue weighted by molar-refractivity contribution is 0.102. The first-order valence-electron chi connectivity index (χ1n) is 7.33. The average molecular weight is 318 g/mol. The molecule has 0 amide bonds. The molecule has 0 atom stereocenters. The Morgan fingerprint density at radius 1 is 1.32 bits per heavy atom. The minimum absolute atomic E-state index is 0.128. The standard InChI is InChI=1S/C16H22N4OS/c1-6-8-20-13(5)17-18-16(20)22-10-15(21)14-9-11(3)19(7-2)12(14)4/h6,9H,1,7-8,10H2,2-5H3. The monoisotopic (exact) mass is 318 g/mol. The van der Waals surface area contributed by atoms with E-state index >= 15 is 0 Å². The van der Waals surface area contributed by atoms with Gasteiger partial charge >= 0.3 is 0 Å². The summed E-state index contributed by atoms with van der Waals surface area (Å²) in [6, 6.07) is 1.97. The van der Waals surface area contributed by atoms with Crippen molar-refractivity contribution in [1.29, 1.82) is 0 Å². The lowest BCUT2D eigenvalue weighted by Gasteiger charge is -2.06. The maximum atomic E-state index is 12.5. The third kappa shape index (κ3) is 3.16.